The Kier molecular flexibility index (Phi) is 5.86. The van der Waals surface area contributed by atoms with Crippen LogP contribution >= 0.6 is 0 Å². The first-order chi connectivity index (χ1) is 9.82. The van der Waals surface area contributed by atoms with E-state index in [1.807, 2.05) is 0 Å². The van der Waals surface area contributed by atoms with Crippen molar-refractivity contribution in [2.75, 3.05) is 13.6 Å². The lowest BCUT2D eigenvalue weighted by Gasteiger charge is -2.20. The average Bonchev–Trinajstić information content (AvgIpc) is 2.44. The van der Waals surface area contributed by atoms with Gasteiger partial charge in [-0.15, -0.1) is 0 Å². The highest BCUT2D eigenvalue weighted by Crippen LogP contribution is 2.03. The molecule has 21 heavy (non-hydrogen) atoms. The van der Waals surface area contributed by atoms with Crippen LogP contribution in [0.25, 0.3) is 0 Å². The Labute approximate surface area is 122 Å². The number of benzene rings is 1. The van der Waals surface area contributed by atoms with Crippen molar-refractivity contribution in [1.82, 2.24) is 10.2 Å². The molecule has 0 radical (unpaired) electrons. The van der Waals surface area contributed by atoms with E-state index in [-0.39, 0.29) is 12.5 Å². The number of amides is 2. The fourth-order valence-electron chi connectivity index (χ4n) is 1.70. The summed E-state index contributed by atoms with van der Waals surface area (Å²) in [5.41, 5.74) is 0.429. The maximum absolute atomic E-state index is 12.0. The first kappa shape index (κ1) is 16.6. The van der Waals surface area contributed by atoms with Gasteiger partial charge < -0.3 is 20.4 Å². The third-order valence-corrected chi connectivity index (χ3v) is 2.81. The minimum atomic E-state index is -1.40. The number of carbonyl (C=O) groups excluding carboxylic acids is 2. The topological polar surface area (TPSA) is 107 Å². The van der Waals surface area contributed by atoms with E-state index in [1.54, 1.807) is 30.3 Å². The summed E-state index contributed by atoms with van der Waals surface area (Å²) >= 11 is 0. The Bertz CT molecular complexity index is 515. The predicted octanol–water partition coefficient (Wildman–Crippen LogP) is -0.291. The molecule has 0 aliphatic heterocycles. The Hall–Kier alpha value is -2.41. The minimum absolute atomic E-state index is 0.301. The summed E-state index contributed by atoms with van der Waals surface area (Å²) in [5, 5.41) is 20.3. The first-order valence-electron chi connectivity index (χ1n) is 6.33. The molecule has 2 atom stereocenters. The Balaban J connectivity index is 2.62. The van der Waals surface area contributed by atoms with E-state index in [4.69, 9.17) is 5.11 Å². The van der Waals surface area contributed by atoms with Crippen molar-refractivity contribution in [3.05, 3.63) is 35.9 Å². The number of aliphatic carboxylic acids is 1. The Morgan fingerprint density at radius 3 is 2.29 bits per heavy atom. The summed E-state index contributed by atoms with van der Waals surface area (Å²) in [6, 6.07) is 7.00. The van der Waals surface area contributed by atoms with Gasteiger partial charge in [-0.05, 0) is 19.1 Å². The second-order valence-electron chi connectivity index (χ2n) is 4.65. The van der Waals surface area contributed by atoms with E-state index in [0.29, 0.717) is 5.56 Å². The number of carboxylic acids is 1. The average molecular weight is 294 g/mol. The zero-order chi connectivity index (χ0) is 16.0. The van der Waals surface area contributed by atoms with Gasteiger partial charge in [-0.25, -0.2) is 4.79 Å². The normalized spacial score (nSPS) is 13.1. The highest BCUT2D eigenvalue weighted by Gasteiger charge is 2.25. The van der Waals surface area contributed by atoms with Crippen LogP contribution in [0.4, 0.5) is 0 Å². The summed E-state index contributed by atoms with van der Waals surface area (Å²) in [5.74, 6) is -2.35. The second-order valence-corrected chi connectivity index (χ2v) is 4.65. The van der Waals surface area contributed by atoms with Crippen LogP contribution in [0, 0.1) is 0 Å². The van der Waals surface area contributed by atoms with Gasteiger partial charge >= 0.3 is 5.97 Å². The van der Waals surface area contributed by atoms with Crippen LogP contribution in [-0.4, -0.2) is 58.6 Å². The van der Waals surface area contributed by atoms with E-state index in [1.165, 1.54) is 18.9 Å². The van der Waals surface area contributed by atoms with Crippen molar-refractivity contribution in [1.29, 1.82) is 0 Å². The van der Waals surface area contributed by atoms with E-state index in [2.05, 4.69) is 5.32 Å². The number of hydrogen-bond donors (Lipinski definition) is 3. The molecule has 0 saturated heterocycles. The molecule has 0 aromatic heterocycles. The van der Waals surface area contributed by atoms with Crippen molar-refractivity contribution in [3.8, 4) is 0 Å². The molecule has 2 amide bonds. The molecule has 1 aromatic rings. The standard InChI is InChI=1S/C14H18N2O5/c1-9(17)12(14(20)21)15-11(18)8-16(2)13(19)10-6-4-3-5-7-10/h3-7,9,12,17H,8H2,1-2H3,(H,15,18)(H,20,21). The molecule has 0 aliphatic rings. The van der Waals surface area contributed by atoms with Gasteiger partial charge in [0.15, 0.2) is 6.04 Å². The van der Waals surface area contributed by atoms with Crippen LogP contribution in [0.1, 0.15) is 17.3 Å². The lowest BCUT2D eigenvalue weighted by atomic mass is 10.2. The maximum Gasteiger partial charge on any atom is 0.328 e. The molecule has 0 heterocycles. The largest absolute Gasteiger partial charge is 0.480 e. The molecule has 3 N–H and O–H groups in total. The predicted molar refractivity (Wildman–Crippen MR) is 74.6 cm³/mol. The molecule has 0 spiro atoms. The van der Waals surface area contributed by atoms with Crippen molar-refractivity contribution in [3.63, 3.8) is 0 Å². The van der Waals surface area contributed by atoms with Gasteiger partial charge in [0.1, 0.15) is 0 Å². The van der Waals surface area contributed by atoms with E-state index < -0.39 is 24.0 Å². The summed E-state index contributed by atoms with van der Waals surface area (Å²) in [7, 11) is 1.44. The van der Waals surface area contributed by atoms with Gasteiger partial charge in [0, 0.05) is 12.6 Å². The molecular formula is C14H18N2O5. The van der Waals surface area contributed by atoms with Gasteiger partial charge in [-0.3, -0.25) is 9.59 Å². The molecule has 0 aliphatic carbocycles. The number of hydrogen-bond acceptors (Lipinski definition) is 4. The van der Waals surface area contributed by atoms with Gasteiger partial charge in [-0.2, -0.15) is 0 Å². The molecule has 0 fully saturated rings. The lowest BCUT2D eigenvalue weighted by Crippen LogP contribution is -2.50. The number of nitrogens with zero attached hydrogens (tertiary/aromatic N) is 1. The molecule has 1 aromatic carbocycles. The van der Waals surface area contributed by atoms with Crippen LogP contribution in [0.15, 0.2) is 30.3 Å². The molecule has 2 unspecified atom stereocenters. The van der Waals surface area contributed by atoms with Crippen LogP contribution in [0.3, 0.4) is 0 Å². The van der Waals surface area contributed by atoms with Crippen molar-refractivity contribution in [2.24, 2.45) is 0 Å². The van der Waals surface area contributed by atoms with Gasteiger partial charge in [0.05, 0.1) is 12.6 Å². The number of carboxylic acid groups (broad SMARTS) is 1. The molecular weight excluding hydrogens is 276 g/mol. The summed E-state index contributed by atoms with van der Waals surface area (Å²) in [6.45, 7) is 0.960. The summed E-state index contributed by atoms with van der Waals surface area (Å²) in [6.07, 6.45) is -1.23. The van der Waals surface area contributed by atoms with Gasteiger partial charge in [0.25, 0.3) is 5.91 Å². The van der Waals surface area contributed by atoms with Crippen LogP contribution in [0.5, 0.6) is 0 Å². The highest BCUT2D eigenvalue weighted by molar-refractivity contribution is 5.96. The van der Waals surface area contributed by atoms with Crippen molar-refractivity contribution in [2.45, 2.75) is 19.1 Å². The van der Waals surface area contributed by atoms with E-state index >= 15 is 0 Å². The van der Waals surface area contributed by atoms with Crippen molar-refractivity contribution >= 4 is 17.8 Å². The summed E-state index contributed by atoms with van der Waals surface area (Å²) < 4.78 is 0. The number of nitrogens with one attached hydrogen (secondary N) is 1. The fourth-order valence-corrected chi connectivity index (χ4v) is 1.70. The molecule has 0 saturated carbocycles. The van der Waals surface area contributed by atoms with Gasteiger partial charge in [0.2, 0.25) is 5.91 Å². The lowest BCUT2D eigenvalue weighted by molar-refractivity contribution is -0.144. The van der Waals surface area contributed by atoms with Crippen LogP contribution in [0.2, 0.25) is 0 Å². The number of likely N-dealkylation sites (N-methyl/N-ethyl adjacent to an activating group) is 1. The van der Waals surface area contributed by atoms with Crippen molar-refractivity contribution < 1.29 is 24.6 Å². The number of rotatable bonds is 6. The minimum Gasteiger partial charge on any atom is -0.480 e. The monoisotopic (exact) mass is 294 g/mol. The van der Waals surface area contributed by atoms with Crippen LogP contribution < -0.4 is 5.32 Å². The number of carbonyl (C=O) groups is 3. The third-order valence-electron chi connectivity index (χ3n) is 2.81. The van der Waals surface area contributed by atoms with E-state index in [9.17, 15) is 19.5 Å². The summed E-state index contributed by atoms with van der Waals surface area (Å²) in [4.78, 5) is 35.8. The quantitative estimate of drug-likeness (QED) is 0.668. The van der Waals surface area contributed by atoms with Crippen LogP contribution in [-0.2, 0) is 9.59 Å². The zero-order valence-corrected chi connectivity index (χ0v) is 11.8. The molecule has 114 valence electrons. The number of aliphatic hydroxyl groups excluding tert-OH is 1. The maximum atomic E-state index is 12.0. The molecule has 7 nitrogen and oxygen atoms in total. The SMILES string of the molecule is CC(O)C(NC(=O)CN(C)C(=O)c1ccccc1)C(=O)O. The molecule has 0 bridgehead atoms. The zero-order valence-electron chi connectivity index (χ0n) is 11.8. The molecule has 1 rings (SSSR count). The number of aliphatic hydroxyl groups is 1. The Morgan fingerprint density at radius 1 is 1.24 bits per heavy atom. The smallest absolute Gasteiger partial charge is 0.328 e. The highest BCUT2D eigenvalue weighted by atomic mass is 16.4. The van der Waals surface area contributed by atoms with E-state index in [0.717, 1.165) is 0 Å². The molecule has 7 heteroatoms. The third kappa shape index (κ3) is 4.88. The second kappa shape index (κ2) is 7.39. The first-order valence-corrected chi connectivity index (χ1v) is 6.33. The Morgan fingerprint density at radius 2 is 1.81 bits per heavy atom. The fraction of sp³-hybridized carbons (Fsp3) is 0.357. The van der Waals surface area contributed by atoms with Gasteiger partial charge in [-0.1, -0.05) is 18.2 Å².